The maximum Gasteiger partial charge on any atom is 0.573 e. The van der Waals surface area contributed by atoms with E-state index < -0.39 is 6.36 Å². The first-order valence-electron chi connectivity index (χ1n) is 6.81. The molecule has 3 aromatic rings. The summed E-state index contributed by atoms with van der Waals surface area (Å²) >= 11 is 3.31. The zero-order chi connectivity index (χ0) is 17.3. The second-order valence-corrected chi connectivity index (χ2v) is 5.95. The number of hydrogen-bond acceptors (Lipinski definition) is 3. The van der Waals surface area contributed by atoms with E-state index >= 15 is 0 Å². The lowest BCUT2D eigenvalue weighted by atomic mass is 10.2. The summed E-state index contributed by atoms with van der Waals surface area (Å²) in [6.45, 7) is 0.195. The zero-order valence-electron chi connectivity index (χ0n) is 12.0. The van der Waals surface area contributed by atoms with Gasteiger partial charge in [-0.2, -0.15) is 0 Å². The van der Waals surface area contributed by atoms with E-state index in [4.69, 9.17) is 0 Å². The second-order valence-electron chi connectivity index (χ2n) is 5.03. The molecule has 1 aromatic heterocycles. The van der Waals surface area contributed by atoms with E-state index in [-0.39, 0.29) is 17.9 Å². The lowest BCUT2D eigenvalue weighted by Gasteiger charge is -2.10. The number of nitrogens with zero attached hydrogens (tertiary/aromatic N) is 2. The average molecular weight is 399 g/mol. The number of alkyl halides is 3. The van der Waals surface area contributed by atoms with Gasteiger partial charge in [0.1, 0.15) is 5.75 Å². The first kappa shape index (κ1) is 16.5. The van der Waals surface area contributed by atoms with Gasteiger partial charge in [0, 0.05) is 4.47 Å². The van der Waals surface area contributed by atoms with E-state index in [0.29, 0.717) is 16.5 Å². The molecule has 0 aliphatic heterocycles. The normalized spacial score (nSPS) is 11.7. The van der Waals surface area contributed by atoms with Gasteiger partial charge in [0.2, 0.25) is 0 Å². The first-order chi connectivity index (χ1) is 11.3. The second kappa shape index (κ2) is 6.27. The molecule has 0 saturated carbocycles. The van der Waals surface area contributed by atoms with Gasteiger partial charge < -0.3 is 4.74 Å². The molecule has 0 aliphatic carbocycles. The molecule has 8 heteroatoms. The highest BCUT2D eigenvalue weighted by Gasteiger charge is 2.30. The number of halogens is 4. The van der Waals surface area contributed by atoms with Gasteiger partial charge in [-0.25, -0.2) is 4.98 Å². The van der Waals surface area contributed by atoms with Crippen molar-refractivity contribution in [3.05, 3.63) is 69.2 Å². The van der Waals surface area contributed by atoms with E-state index in [1.807, 2.05) is 0 Å². The van der Waals surface area contributed by atoms with Gasteiger partial charge in [-0.3, -0.25) is 9.36 Å². The highest BCUT2D eigenvalue weighted by atomic mass is 79.9. The van der Waals surface area contributed by atoms with Crippen molar-refractivity contribution < 1.29 is 17.9 Å². The SMILES string of the molecule is O=c1c2cc(Br)ccc2ncn1Cc1ccc(OC(F)(F)F)cc1. The molecule has 4 nitrogen and oxygen atoms in total. The van der Waals surface area contributed by atoms with Gasteiger partial charge >= 0.3 is 6.36 Å². The number of rotatable bonds is 3. The summed E-state index contributed by atoms with van der Waals surface area (Å²) in [5.74, 6) is -0.306. The van der Waals surface area contributed by atoms with Crippen LogP contribution in [0.3, 0.4) is 0 Å². The summed E-state index contributed by atoms with van der Waals surface area (Å²) in [6, 6.07) is 10.6. The summed E-state index contributed by atoms with van der Waals surface area (Å²) in [7, 11) is 0. The molecule has 0 fully saturated rings. The zero-order valence-corrected chi connectivity index (χ0v) is 13.6. The molecule has 124 valence electrons. The lowest BCUT2D eigenvalue weighted by molar-refractivity contribution is -0.274. The smallest absolute Gasteiger partial charge is 0.406 e. The molecule has 0 saturated heterocycles. The molecule has 24 heavy (non-hydrogen) atoms. The fourth-order valence-corrected chi connectivity index (χ4v) is 2.60. The Bertz CT molecular complexity index is 937. The van der Waals surface area contributed by atoms with Gasteiger partial charge in [0.25, 0.3) is 5.56 Å². The minimum absolute atomic E-state index is 0.195. The van der Waals surface area contributed by atoms with Crippen molar-refractivity contribution in [2.75, 3.05) is 0 Å². The Labute approximate surface area is 142 Å². The van der Waals surface area contributed by atoms with Gasteiger partial charge in [0.05, 0.1) is 23.8 Å². The van der Waals surface area contributed by atoms with Crippen molar-refractivity contribution in [2.24, 2.45) is 0 Å². The van der Waals surface area contributed by atoms with Crippen molar-refractivity contribution in [1.29, 1.82) is 0 Å². The number of aromatic nitrogens is 2. The third-order valence-corrected chi connectivity index (χ3v) is 3.79. The molecule has 0 unspecified atom stereocenters. The molecule has 2 aromatic carbocycles. The fourth-order valence-electron chi connectivity index (χ4n) is 2.24. The van der Waals surface area contributed by atoms with Crippen LogP contribution in [0.1, 0.15) is 5.56 Å². The standard InChI is InChI=1S/C16H10BrF3N2O2/c17-11-3-6-14-13(7-11)15(23)22(9-21-14)8-10-1-4-12(5-2-10)24-16(18,19)20/h1-7,9H,8H2. The highest BCUT2D eigenvalue weighted by molar-refractivity contribution is 9.10. The molecule has 0 N–H and O–H groups in total. The summed E-state index contributed by atoms with van der Waals surface area (Å²) in [5, 5.41) is 0.462. The van der Waals surface area contributed by atoms with Crippen LogP contribution in [0, 0.1) is 0 Å². The average Bonchev–Trinajstić information content (AvgIpc) is 2.51. The van der Waals surface area contributed by atoms with Gasteiger partial charge in [-0.05, 0) is 35.9 Å². The molecular weight excluding hydrogens is 389 g/mol. The number of fused-ring (bicyclic) bond motifs is 1. The monoisotopic (exact) mass is 398 g/mol. The van der Waals surface area contributed by atoms with Gasteiger partial charge in [-0.1, -0.05) is 28.1 Å². The van der Waals surface area contributed by atoms with Gasteiger partial charge in [0.15, 0.2) is 0 Å². The fraction of sp³-hybridized carbons (Fsp3) is 0.125. The molecular formula is C16H10BrF3N2O2. The Morgan fingerprint density at radius 1 is 1.12 bits per heavy atom. The van der Waals surface area contributed by atoms with Crippen LogP contribution in [-0.4, -0.2) is 15.9 Å². The van der Waals surface area contributed by atoms with E-state index in [1.54, 1.807) is 18.2 Å². The largest absolute Gasteiger partial charge is 0.573 e. The Hall–Kier alpha value is -2.35. The molecule has 0 spiro atoms. The first-order valence-corrected chi connectivity index (χ1v) is 7.60. The summed E-state index contributed by atoms with van der Waals surface area (Å²) in [4.78, 5) is 16.7. The van der Waals surface area contributed by atoms with Crippen molar-refractivity contribution in [3.63, 3.8) is 0 Å². The maximum absolute atomic E-state index is 12.5. The van der Waals surface area contributed by atoms with Crippen LogP contribution < -0.4 is 10.3 Å². The van der Waals surface area contributed by atoms with E-state index in [2.05, 4.69) is 25.7 Å². The Balaban J connectivity index is 1.87. The molecule has 1 heterocycles. The quantitative estimate of drug-likeness (QED) is 0.666. The van der Waals surface area contributed by atoms with Crippen molar-refractivity contribution in [1.82, 2.24) is 9.55 Å². The lowest BCUT2D eigenvalue weighted by Crippen LogP contribution is -2.21. The van der Waals surface area contributed by atoms with Crippen LogP contribution >= 0.6 is 15.9 Å². The van der Waals surface area contributed by atoms with Crippen LogP contribution in [0.2, 0.25) is 0 Å². The van der Waals surface area contributed by atoms with E-state index in [0.717, 1.165) is 4.47 Å². The number of benzene rings is 2. The molecule has 0 bridgehead atoms. The third kappa shape index (κ3) is 3.76. The molecule has 0 aliphatic rings. The van der Waals surface area contributed by atoms with Crippen molar-refractivity contribution >= 4 is 26.8 Å². The van der Waals surface area contributed by atoms with Crippen LogP contribution in [0.4, 0.5) is 13.2 Å². The van der Waals surface area contributed by atoms with Crippen LogP contribution in [0.5, 0.6) is 5.75 Å². The number of ether oxygens (including phenoxy) is 1. The van der Waals surface area contributed by atoms with Crippen LogP contribution in [-0.2, 0) is 6.54 Å². The Kier molecular flexibility index (Phi) is 4.31. The highest BCUT2D eigenvalue weighted by Crippen LogP contribution is 2.23. The predicted molar refractivity (Wildman–Crippen MR) is 85.9 cm³/mol. The molecule has 0 amide bonds. The van der Waals surface area contributed by atoms with Crippen LogP contribution in [0.25, 0.3) is 10.9 Å². The van der Waals surface area contributed by atoms with E-state index in [9.17, 15) is 18.0 Å². The summed E-state index contributed by atoms with van der Waals surface area (Å²) in [6.07, 6.45) is -3.31. The minimum Gasteiger partial charge on any atom is -0.406 e. The Morgan fingerprint density at radius 2 is 1.83 bits per heavy atom. The molecule has 3 rings (SSSR count). The topological polar surface area (TPSA) is 44.1 Å². The minimum atomic E-state index is -4.73. The predicted octanol–water partition coefficient (Wildman–Crippen LogP) is 4.11. The molecule has 0 atom stereocenters. The summed E-state index contributed by atoms with van der Waals surface area (Å²) in [5.41, 5.74) is 1.01. The maximum atomic E-state index is 12.5. The van der Waals surface area contributed by atoms with Gasteiger partial charge in [-0.15, -0.1) is 13.2 Å². The molecule has 0 radical (unpaired) electrons. The Morgan fingerprint density at radius 3 is 2.50 bits per heavy atom. The van der Waals surface area contributed by atoms with Crippen molar-refractivity contribution in [2.45, 2.75) is 12.9 Å². The summed E-state index contributed by atoms with van der Waals surface area (Å²) < 4.78 is 42.4. The van der Waals surface area contributed by atoms with Crippen molar-refractivity contribution in [3.8, 4) is 5.75 Å². The number of hydrogen-bond donors (Lipinski definition) is 0. The third-order valence-electron chi connectivity index (χ3n) is 3.30. The van der Waals surface area contributed by atoms with E-state index in [1.165, 1.54) is 35.2 Å². The van der Waals surface area contributed by atoms with Crippen LogP contribution in [0.15, 0.2) is 58.1 Å².